The monoisotopic (exact) mass is 305 g/mol. The van der Waals surface area contributed by atoms with Gasteiger partial charge in [-0.25, -0.2) is 4.79 Å². The number of methoxy groups -OCH3 is 1. The Morgan fingerprint density at radius 2 is 1.95 bits per heavy atom. The summed E-state index contributed by atoms with van der Waals surface area (Å²) in [5.41, 5.74) is 0.676. The summed E-state index contributed by atoms with van der Waals surface area (Å²) in [6.45, 7) is 3.61. The SMILES string of the molecule is COc1ccccc1NC(=O)N1CCC(CNC(C)=O)CC1. The third-order valence-corrected chi connectivity index (χ3v) is 3.89. The normalized spacial score (nSPS) is 15.3. The number of carbonyl (C=O) groups is 2. The zero-order chi connectivity index (χ0) is 15.9. The van der Waals surface area contributed by atoms with E-state index in [0.717, 1.165) is 12.8 Å². The molecule has 1 saturated heterocycles. The topological polar surface area (TPSA) is 70.7 Å². The summed E-state index contributed by atoms with van der Waals surface area (Å²) in [7, 11) is 1.58. The zero-order valence-corrected chi connectivity index (χ0v) is 13.1. The van der Waals surface area contributed by atoms with E-state index >= 15 is 0 Å². The average molecular weight is 305 g/mol. The molecule has 120 valence electrons. The van der Waals surface area contributed by atoms with Crippen molar-refractivity contribution in [2.45, 2.75) is 19.8 Å². The Balaban J connectivity index is 1.83. The van der Waals surface area contributed by atoms with Gasteiger partial charge in [-0.3, -0.25) is 4.79 Å². The molecule has 6 nitrogen and oxygen atoms in total. The van der Waals surface area contributed by atoms with Crippen LogP contribution in [0.1, 0.15) is 19.8 Å². The highest BCUT2D eigenvalue weighted by molar-refractivity contribution is 5.91. The fourth-order valence-electron chi connectivity index (χ4n) is 2.57. The molecular formula is C16H23N3O3. The molecule has 2 N–H and O–H groups in total. The van der Waals surface area contributed by atoms with Crippen molar-refractivity contribution >= 4 is 17.6 Å². The number of ether oxygens (including phenoxy) is 1. The van der Waals surface area contributed by atoms with Crippen molar-refractivity contribution < 1.29 is 14.3 Å². The number of amides is 3. The molecule has 3 amide bonds. The van der Waals surface area contributed by atoms with Crippen molar-refractivity contribution in [3.63, 3.8) is 0 Å². The molecule has 1 aromatic carbocycles. The molecule has 1 heterocycles. The maximum absolute atomic E-state index is 12.3. The summed E-state index contributed by atoms with van der Waals surface area (Å²) in [5.74, 6) is 1.09. The third kappa shape index (κ3) is 4.38. The van der Waals surface area contributed by atoms with Crippen molar-refractivity contribution in [2.24, 2.45) is 5.92 Å². The standard InChI is InChI=1S/C16H23N3O3/c1-12(20)17-11-13-7-9-19(10-8-13)16(21)18-14-5-3-4-6-15(14)22-2/h3-6,13H,7-11H2,1-2H3,(H,17,20)(H,18,21). The molecule has 0 aromatic heterocycles. The lowest BCUT2D eigenvalue weighted by molar-refractivity contribution is -0.119. The van der Waals surface area contributed by atoms with Crippen LogP contribution in [0.2, 0.25) is 0 Å². The van der Waals surface area contributed by atoms with Gasteiger partial charge in [0.2, 0.25) is 5.91 Å². The summed E-state index contributed by atoms with van der Waals surface area (Å²) < 4.78 is 5.23. The van der Waals surface area contributed by atoms with Crippen LogP contribution in [-0.4, -0.2) is 43.6 Å². The van der Waals surface area contributed by atoms with Gasteiger partial charge in [0.25, 0.3) is 0 Å². The summed E-state index contributed by atoms with van der Waals surface area (Å²) in [5, 5.41) is 5.73. The minimum absolute atomic E-state index is 0.00338. The quantitative estimate of drug-likeness (QED) is 0.894. The first kappa shape index (κ1) is 16.1. The molecule has 2 rings (SSSR count). The lowest BCUT2D eigenvalue weighted by Gasteiger charge is -2.32. The minimum atomic E-state index is -0.109. The van der Waals surface area contributed by atoms with Gasteiger partial charge < -0.3 is 20.3 Å². The number of para-hydroxylation sites is 2. The number of benzene rings is 1. The molecule has 1 fully saturated rings. The lowest BCUT2D eigenvalue weighted by Crippen LogP contribution is -2.43. The van der Waals surface area contributed by atoms with Crippen LogP contribution in [0, 0.1) is 5.92 Å². The highest BCUT2D eigenvalue weighted by atomic mass is 16.5. The van der Waals surface area contributed by atoms with Crippen LogP contribution >= 0.6 is 0 Å². The maximum atomic E-state index is 12.3. The summed E-state index contributed by atoms with van der Waals surface area (Å²) in [6.07, 6.45) is 1.80. The number of piperidine rings is 1. The van der Waals surface area contributed by atoms with Crippen molar-refractivity contribution in [1.29, 1.82) is 0 Å². The molecule has 0 spiro atoms. The molecule has 0 radical (unpaired) electrons. The highest BCUT2D eigenvalue weighted by Gasteiger charge is 2.23. The van der Waals surface area contributed by atoms with Crippen LogP contribution in [-0.2, 0) is 4.79 Å². The van der Waals surface area contributed by atoms with Crippen LogP contribution in [0.4, 0.5) is 10.5 Å². The van der Waals surface area contributed by atoms with E-state index in [0.29, 0.717) is 37.0 Å². The molecular weight excluding hydrogens is 282 g/mol. The van der Waals surface area contributed by atoms with E-state index in [-0.39, 0.29) is 11.9 Å². The number of nitrogens with zero attached hydrogens (tertiary/aromatic N) is 1. The van der Waals surface area contributed by atoms with Crippen LogP contribution in [0.5, 0.6) is 5.75 Å². The number of nitrogens with one attached hydrogen (secondary N) is 2. The number of rotatable bonds is 4. The second kappa shape index (κ2) is 7.68. The zero-order valence-electron chi connectivity index (χ0n) is 13.1. The first-order valence-electron chi connectivity index (χ1n) is 7.53. The molecule has 1 aromatic rings. The van der Waals surface area contributed by atoms with E-state index in [9.17, 15) is 9.59 Å². The second-order valence-electron chi connectivity index (χ2n) is 5.50. The van der Waals surface area contributed by atoms with Gasteiger partial charge in [0.05, 0.1) is 12.8 Å². The van der Waals surface area contributed by atoms with Crippen molar-refractivity contribution in [1.82, 2.24) is 10.2 Å². The molecule has 1 aliphatic heterocycles. The number of hydrogen-bond acceptors (Lipinski definition) is 3. The van der Waals surface area contributed by atoms with Crippen LogP contribution in [0.3, 0.4) is 0 Å². The maximum Gasteiger partial charge on any atom is 0.321 e. The number of likely N-dealkylation sites (tertiary alicyclic amines) is 1. The summed E-state index contributed by atoms with van der Waals surface area (Å²) >= 11 is 0. The van der Waals surface area contributed by atoms with Gasteiger partial charge in [-0.1, -0.05) is 12.1 Å². The van der Waals surface area contributed by atoms with E-state index in [2.05, 4.69) is 10.6 Å². The van der Waals surface area contributed by atoms with Crippen molar-refractivity contribution in [3.05, 3.63) is 24.3 Å². The molecule has 22 heavy (non-hydrogen) atoms. The Bertz CT molecular complexity index is 525. The minimum Gasteiger partial charge on any atom is -0.495 e. The van der Waals surface area contributed by atoms with Crippen LogP contribution in [0.25, 0.3) is 0 Å². The van der Waals surface area contributed by atoms with Crippen molar-refractivity contribution in [2.75, 3.05) is 32.1 Å². The number of hydrogen-bond donors (Lipinski definition) is 2. The van der Waals surface area contributed by atoms with E-state index < -0.39 is 0 Å². The van der Waals surface area contributed by atoms with E-state index in [1.807, 2.05) is 24.3 Å². The van der Waals surface area contributed by atoms with Gasteiger partial charge in [-0.15, -0.1) is 0 Å². The Labute approximate surface area is 130 Å². The molecule has 0 unspecified atom stereocenters. The molecule has 6 heteroatoms. The Morgan fingerprint density at radius 3 is 2.59 bits per heavy atom. The van der Waals surface area contributed by atoms with E-state index in [4.69, 9.17) is 4.74 Å². The largest absolute Gasteiger partial charge is 0.495 e. The van der Waals surface area contributed by atoms with Gasteiger partial charge in [0, 0.05) is 26.6 Å². The second-order valence-corrected chi connectivity index (χ2v) is 5.50. The number of carbonyl (C=O) groups excluding carboxylic acids is 2. The highest BCUT2D eigenvalue weighted by Crippen LogP contribution is 2.24. The molecule has 0 saturated carbocycles. The van der Waals surface area contributed by atoms with Crippen LogP contribution in [0.15, 0.2) is 24.3 Å². The van der Waals surface area contributed by atoms with Gasteiger partial charge in [-0.2, -0.15) is 0 Å². The molecule has 1 aliphatic rings. The van der Waals surface area contributed by atoms with E-state index in [1.54, 1.807) is 12.0 Å². The average Bonchev–Trinajstić information content (AvgIpc) is 2.54. The Hall–Kier alpha value is -2.24. The van der Waals surface area contributed by atoms with Crippen LogP contribution < -0.4 is 15.4 Å². The predicted octanol–water partition coefficient (Wildman–Crippen LogP) is 2.08. The van der Waals surface area contributed by atoms with Gasteiger partial charge in [-0.05, 0) is 30.9 Å². The third-order valence-electron chi connectivity index (χ3n) is 3.89. The first-order chi connectivity index (χ1) is 10.6. The van der Waals surface area contributed by atoms with Gasteiger partial charge in [0.1, 0.15) is 5.75 Å². The molecule has 0 bridgehead atoms. The number of anilines is 1. The van der Waals surface area contributed by atoms with Crippen molar-refractivity contribution in [3.8, 4) is 5.75 Å². The summed E-state index contributed by atoms with van der Waals surface area (Å²) in [4.78, 5) is 25.0. The smallest absolute Gasteiger partial charge is 0.321 e. The Kier molecular flexibility index (Phi) is 5.63. The first-order valence-corrected chi connectivity index (χ1v) is 7.53. The van der Waals surface area contributed by atoms with Gasteiger partial charge in [0.15, 0.2) is 0 Å². The fraction of sp³-hybridized carbons (Fsp3) is 0.500. The predicted molar refractivity (Wildman–Crippen MR) is 85.0 cm³/mol. The lowest BCUT2D eigenvalue weighted by atomic mass is 9.97. The van der Waals surface area contributed by atoms with E-state index in [1.165, 1.54) is 6.92 Å². The number of urea groups is 1. The fourth-order valence-corrected chi connectivity index (χ4v) is 2.57. The molecule has 0 atom stereocenters. The van der Waals surface area contributed by atoms with Gasteiger partial charge >= 0.3 is 6.03 Å². The Morgan fingerprint density at radius 1 is 1.27 bits per heavy atom. The molecule has 0 aliphatic carbocycles. The summed E-state index contributed by atoms with van der Waals surface area (Å²) in [6, 6.07) is 7.25.